The van der Waals surface area contributed by atoms with E-state index in [1.807, 2.05) is 4.90 Å². The van der Waals surface area contributed by atoms with Gasteiger partial charge in [-0.25, -0.2) is 0 Å². The van der Waals surface area contributed by atoms with Crippen molar-refractivity contribution in [3.8, 4) is 0 Å². The minimum Gasteiger partial charge on any atom is -0.342 e. The monoisotopic (exact) mass is 224 g/mol. The molecule has 1 aliphatic carbocycles. The zero-order chi connectivity index (χ0) is 12.1. The van der Waals surface area contributed by atoms with Crippen LogP contribution in [0.25, 0.3) is 0 Å². The first-order chi connectivity index (χ1) is 7.32. The summed E-state index contributed by atoms with van der Waals surface area (Å²) >= 11 is 0. The molecule has 1 aliphatic heterocycles. The van der Waals surface area contributed by atoms with E-state index in [1.54, 1.807) is 0 Å². The zero-order valence-electron chi connectivity index (χ0n) is 10.9. The van der Waals surface area contributed by atoms with Gasteiger partial charge in [-0.2, -0.15) is 0 Å². The van der Waals surface area contributed by atoms with Gasteiger partial charge in [0.25, 0.3) is 0 Å². The van der Waals surface area contributed by atoms with Gasteiger partial charge in [0.05, 0.1) is 0 Å². The number of likely N-dealkylation sites (tertiary alicyclic amines) is 1. The highest BCUT2D eigenvalue weighted by atomic mass is 16.2. The molecule has 1 atom stereocenters. The Balaban J connectivity index is 2.01. The van der Waals surface area contributed by atoms with Crippen LogP contribution in [0.4, 0.5) is 0 Å². The smallest absolute Gasteiger partial charge is 0.226 e. The summed E-state index contributed by atoms with van der Waals surface area (Å²) in [5.74, 6) is 1.08. The van der Waals surface area contributed by atoms with Crippen LogP contribution in [0.15, 0.2) is 0 Å². The molecule has 0 spiro atoms. The van der Waals surface area contributed by atoms with E-state index in [4.69, 9.17) is 5.73 Å². The SMILES string of the molecule is CC1(C)C(C(=O)N2CCC(CN)C2)C1(C)C. The zero-order valence-corrected chi connectivity index (χ0v) is 10.9. The number of nitrogens with two attached hydrogens (primary N) is 1. The van der Waals surface area contributed by atoms with Crippen LogP contribution in [0.1, 0.15) is 34.1 Å². The maximum absolute atomic E-state index is 12.4. The Hall–Kier alpha value is -0.570. The van der Waals surface area contributed by atoms with Crippen molar-refractivity contribution in [3.63, 3.8) is 0 Å². The fourth-order valence-corrected chi connectivity index (χ4v) is 3.22. The fraction of sp³-hybridized carbons (Fsp3) is 0.923. The second-order valence-corrected chi connectivity index (χ2v) is 6.55. The molecule has 0 radical (unpaired) electrons. The van der Waals surface area contributed by atoms with Crippen molar-refractivity contribution in [1.29, 1.82) is 0 Å². The number of hydrogen-bond donors (Lipinski definition) is 1. The van der Waals surface area contributed by atoms with Crippen molar-refractivity contribution in [2.75, 3.05) is 19.6 Å². The minimum absolute atomic E-state index is 0.158. The summed E-state index contributed by atoms with van der Waals surface area (Å²) < 4.78 is 0. The first kappa shape index (κ1) is 11.9. The molecule has 0 aromatic rings. The average Bonchev–Trinajstić information content (AvgIpc) is 2.59. The van der Waals surface area contributed by atoms with Crippen LogP contribution >= 0.6 is 0 Å². The van der Waals surface area contributed by atoms with E-state index in [0.29, 0.717) is 18.4 Å². The number of amides is 1. The molecule has 2 fully saturated rings. The van der Waals surface area contributed by atoms with Crippen molar-refractivity contribution in [2.24, 2.45) is 28.4 Å². The van der Waals surface area contributed by atoms with E-state index >= 15 is 0 Å². The molecule has 2 rings (SSSR count). The molecule has 0 aromatic heterocycles. The van der Waals surface area contributed by atoms with E-state index in [-0.39, 0.29) is 16.7 Å². The second-order valence-electron chi connectivity index (χ2n) is 6.55. The minimum atomic E-state index is 0.158. The van der Waals surface area contributed by atoms with Gasteiger partial charge < -0.3 is 10.6 Å². The molecule has 2 N–H and O–H groups in total. The van der Waals surface area contributed by atoms with E-state index in [2.05, 4.69) is 27.7 Å². The van der Waals surface area contributed by atoms with Gasteiger partial charge in [-0.1, -0.05) is 27.7 Å². The lowest BCUT2D eigenvalue weighted by Crippen LogP contribution is -2.32. The van der Waals surface area contributed by atoms with Crippen molar-refractivity contribution >= 4 is 5.91 Å². The lowest BCUT2D eigenvalue weighted by Gasteiger charge is -2.17. The van der Waals surface area contributed by atoms with Gasteiger partial charge in [0.1, 0.15) is 0 Å². The Labute approximate surface area is 98.4 Å². The van der Waals surface area contributed by atoms with E-state index in [9.17, 15) is 4.79 Å². The molecular formula is C13H24N2O. The third-order valence-electron chi connectivity index (χ3n) is 5.20. The summed E-state index contributed by atoms with van der Waals surface area (Å²) in [6, 6.07) is 0. The fourth-order valence-electron chi connectivity index (χ4n) is 3.22. The van der Waals surface area contributed by atoms with Crippen LogP contribution in [0.5, 0.6) is 0 Å². The lowest BCUT2D eigenvalue weighted by molar-refractivity contribution is -0.132. The van der Waals surface area contributed by atoms with Gasteiger partial charge in [-0.3, -0.25) is 4.79 Å². The molecule has 3 heteroatoms. The maximum Gasteiger partial charge on any atom is 0.226 e. The first-order valence-electron chi connectivity index (χ1n) is 6.31. The Kier molecular flexibility index (Phi) is 2.57. The third-order valence-corrected chi connectivity index (χ3v) is 5.20. The normalized spacial score (nSPS) is 31.8. The molecule has 92 valence electrons. The predicted octanol–water partition coefficient (Wildman–Crippen LogP) is 1.48. The van der Waals surface area contributed by atoms with Crippen LogP contribution in [0.3, 0.4) is 0 Å². The van der Waals surface area contributed by atoms with Crippen LogP contribution < -0.4 is 5.73 Å². The van der Waals surface area contributed by atoms with Crippen molar-refractivity contribution in [3.05, 3.63) is 0 Å². The summed E-state index contributed by atoms with van der Waals surface area (Å²) in [7, 11) is 0. The molecule has 1 heterocycles. The molecule has 1 saturated carbocycles. The number of carbonyl (C=O) groups is 1. The quantitative estimate of drug-likeness (QED) is 0.772. The highest BCUT2D eigenvalue weighted by Gasteiger charge is 2.68. The van der Waals surface area contributed by atoms with Gasteiger partial charge in [-0.15, -0.1) is 0 Å². The topological polar surface area (TPSA) is 46.3 Å². The Morgan fingerprint density at radius 2 is 1.88 bits per heavy atom. The van der Waals surface area contributed by atoms with E-state index in [1.165, 1.54) is 0 Å². The van der Waals surface area contributed by atoms with Crippen molar-refractivity contribution in [2.45, 2.75) is 34.1 Å². The highest BCUT2D eigenvalue weighted by molar-refractivity contribution is 5.84. The molecule has 3 nitrogen and oxygen atoms in total. The number of hydrogen-bond acceptors (Lipinski definition) is 2. The molecule has 1 saturated heterocycles. The second kappa shape index (κ2) is 3.46. The van der Waals surface area contributed by atoms with Gasteiger partial charge in [0, 0.05) is 19.0 Å². The third kappa shape index (κ3) is 1.48. The van der Waals surface area contributed by atoms with Crippen LogP contribution in [0, 0.1) is 22.7 Å². The summed E-state index contributed by atoms with van der Waals surface area (Å²) in [5.41, 5.74) is 5.97. The van der Waals surface area contributed by atoms with Crippen LogP contribution in [0.2, 0.25) is 0 Å². The Morgan fingerprint density at radius 3 is 2.25 bits per heavy atom. The highest BCUT2D eigenvalue weighted by Crippen LogP contribution is 2.68. The maximum atomic E-state index is 12.4. The number of rotatable bonds is 2. The lowest BCUT2D eigenvalue weighted by atomic mass is 10.0. The number of nitrogens with zero attached hydrogens (tertiary/aromatic N) is 1. The molecule has 0 bridgehead atoms. The summed E-state index contributed by atoms with van der Waals surface area (Å²) in [6.07, 6.45) is 1.08. The Morgan fingerprint density at radius 1 is 1.31 bits per heavy atom. The van der Waals surface area contributed by atoms with Crippen molar-refractivity contribution in [1.82, 2.24) is 4.90 Å². The van der Waals surface area contributed by atoms with Gasteiger partial charge in [-0.05, 0) is 29.7 Å². The molecular weight excluding hydrogens is 200 g/mol. The number of carbonyl (C=O) groups excluding carboxylic acids is 1. The van der Waals surface area contributed by atoms with Gasteiger partial charge in [0.2, 0.25) is 5.91 Å². The molecule has 1 amide bonds. The first-order valence-corrected chi connectivity index (χ1v) is 6.31. The summed E-state index contributed by atoms with van der Waals surface area (Å²) in [4.78, 5) is 14.4. The average molecular weight is 224 g/mol. The molecule has 1 unspecified atom stereocenters. The standard InChI is InChI=1S/C13H24N2O/c1-12(2)10(13(12,3)4)11(16)15-6-5-9(7-14)8-15/h9-10H,5-8,14H2,1-4H3. The van der Waals surface area contributed by atoms with Crippen LogP contribution in [-0.2, 0) is 4.79 Å². The molecule has 0 aromatic carbocycles. The van der Waals surface area contributed by atoms with E-state index in [0.717, 1.165) is 19.5 Å². The van der Waals surface area contributed by atoms with Gasteiger partial charge >= 0.3 is 0 Å². The van der Waals surface area contributed by atoms with E-state index < -0.39 is 0 Å². The Bertz CT molecular complexity index is 295. The molecule has 16 heavy (non-hydrogen) atoms. The van der Waals surface area contributed by atoms with Crippen LogP contribution in [-0.4, -0.2) is 30.4 Å². The van der Waals surface area contributed by atoms with Crippen molar-refractivity contribution < 1.29 is 4.79 Å². The summed E-state index contributed by atoms with van der Waals surface area (Å²) in [5, 5.41) is 0. The summed E-state index contributed by atoms with van der Waals surface area (Å²) in [6.45, 7) is 11.3. The van der Waals surface area contributed by atoms with Gasteiger partial charge in [0.15, 0.2) is 0 Å². The predicted molar refractivity (Wildman–Crippen MR) is 64.8 cm³/mol. The largest absolute Gasteiger partial charge is 0.342 e. The molecule has 2 aliphatic rings.